The Morgan fingerprint density at radius 3 is 2.44 bits per heavy atom. The summed E-state index contributed by atoms with van der Waals surface area (Å²) in [5.74, 6) is -0.292. The summed E-state index contributed by atoms with van der Waals surface area (Å²) in [6, 6.07) is 6.63. The molecule has 3 aliphatic heterocycles. The number of halogens is 1. The van der Waals surface area contributed by atoms with Crippen molar-refractivity contribution in [3.8, 4) is 0 Å². The molecule has 1 aromatic rings. The predicted octanol–water partition coefficient (Wildman–Crippen LogP) is 2.27. The normalized spacial score (nSPS) is 42.0. The van der Waals surface area contributed by atoms with Crippen molar-refractivity contribution in [1.82, 2.24) is 9.80 Å². The van der Waals surface area contributed by atoms with Gasteiger partial charge in [0.25, 0.3) is 17.4 Å². The summed E-state index contributed by atoms with van der Waals surface area (Å²) in [5, 5.41) is 0.584. The van der Waals surface area contributed by atoms with Crippen molar-refractivity contribution in [2.24, 2.45) is 0 Å². The molecule has 3 aliphatic rings. The molecule has 1 spiro atoms. The molecule has 4 unspecified atom stereocenters. The molecule has 0 aromatic heterocycles. The van der Waals surface area contributed by atoms with Gasteiger partial charge in [-0.3, -0.25) is 9.59 Å². The average Bonchev–Trinajstić information content (AvgIpc) is 3.02. The van der Waals surface area contributed by atoms with Crippen molar-refractivity contribution in [2.75, 3.05) is 7.05 Å². The third-order valence-electron chi connectivity index (χ3n) is 5.84. The molecule has 2 bridgehead atoms. The summed E-state index contributed by atoms with van der Waals surface area (Å²) in [7, 11) is 0.729. The molecule has 25 heavy (non-hydrogen) atoms. The van der Waals surface area contributed by atoms with Crippen LogP contribution in [-0.2, 0) is 30.2 Å². The highest BCUT2D eigenvalue weighted by atomic mass is 35.5. The zero-order valence-corrected chi connectivity index (χ0v) is 16.3. The zero-order valence-electron chi connectivity index (χ0n) is 13.9. The molecule has 3 heterocycles. The van der Waals surface area contributed by atoms with Crippen molar-refractivity contribution in [1.29, 1.82) is 0 Å². The number of piperazine rings is 1. The summed E-state index contributed by atoms with van der Waals surface area (Å²) < 4.78 is 0. The Kier molecular flexibility index (Phi) is 3.26. The molecule has 2 amide bonds. The second-order valence-corrected chi connectivity index (χ2v) is 10.6. The minimum Gasteiger partial charge on any atom is -0.320 e. The number of carbonyl (C=O) groups is 2. The second-order valence-electron chi connectivity index (χ2n) is 7.18. The maximum Gasteiger partial charge on any atom is 0.261 e. The van der Waals surface area contributed by atoms with Gasteiger partial charge in [-0.1, -0.05) is 23.7 Å². The van der Waals surface area contributed by atoms with E-state index in [1.54, 1.807) is 31.0 Å². The fourth-order valence-corrected chi connectivity index (χ4v) is 8.10. The van der Waals surface area contributed by atoms with E-state index in [0.717, 1.165) is 5.56 Å². The van der Waals surface area contributed by atoms with Crippen LogP contribution in [0.4, 0.5) is 0 Å². The molecule has 0 aliphatic carbocycles. The van der Waals surface area contributed by atoms with Crippen LogP contribution in [0.15, 0.2) is 24.3 Å². The van der Waals surface area contributed by atoms with E-state index in [2.05, 4.69) is 4.85 Å². The first-order valence-electron chi connectivity index (χ1n) is 7.83. The number of hydrogen-bond acceptors (Lipinski definition) is 3. The molecule has 1 aromatic carbocycles. The number of fused-ring (bicyclic) bond motifs is 1. The van der Waals surface area contributed by atoms with Gasteiger partial charge in [-0.25, -0.2) is 6.57 Å². The topological polar surface area (TPSA) is 45.0 Å². The first kappa shape index (κ1) is 17.0. The maximum absolute atomic E-state index is 13.3. The predicted molar refractivity (Wildman–Crippen MR) is 99.3 cm³/mol. The molecule has 3 saturated heterocycles. The van der Waals surface area contributed by atoms with Crippen LogP contribution >= 0.6 is 11.6 Å². The molecular formula is C17H16ClN3O2S2. The van der Waals surface area contributed by atoms with Crippen molar-refractivity contribution in [2.45, 2.75) is 41.6 Å². The van der Waals surface area contributed by atoms with E-state index in [0.29, 0.717) is 5.02 Å². The summed E-state index contributed by atoms with van der Waals surface area (Å²) in [5.41, 5.74) is -0.0952. The SMILES string of the molecule is [C-]#[N+][C@@]1(C)CC23C(=O)N(C)C(C)(C(=O)N2C1c1ccc(Cl)cc1)S3=S. The molecular weight excluding hydrogens is 378 g/mol. The molecule has 0 saturated carbocycles. The van der Waals surface area contributed by atoms with Gasteiger partial charge in [0.15, 0.2) is 9.74 Å². The van der Waals surface area contributed by atoms with Gasteiger partial charge in [-0.05, 0) is 45.3 Å². The lowest BCUT2D eigenvalue weighted by Crippen LogP contribution is -2.60. The lowest BCUT2D eigenvalue weighted by Gasteiger charge is -2.38. The lowest BCUT2D eigenvalue weighted by atomic mass is 9.87. The number of amides is 2. The largest absolute Gasteiger partial charge is 0.320 e. The number of rotatable bonds is 1. The smallest absolute Gasteiger partial charge is 0.261 e. The monoisotopic (exact) mass is 393 g/mol. The van der Waals surface area contributed by atoms with Crippen LogP contribution in [0, 0.1) is 6.57 Å². The van der Waals surface area contributed by atoms with Gasteiger partial charge in [0.2, 0.25) is 0 Å². The van der Waals surface area contributed by atoms with Crippen LogP contribution in [0.5, 0.6) is 0 Å². The van der Waals surface area contributed by atoms with Gasteiger partial charge in [-0.2, -0.15) is 0 Å². The van der Waals surface area contributed by atoms with Crippen molar-refractivity contribution < 1.29 is 9.59 Å². The summed E-state index contributed by atoms with van der Waals surface area (Å²) >= 11 is 11.7. The molecule has 5 atom stereocenters. The molecule has 130 valence electrons. The molecule has 0 radical (unpaired) electrons. The molecule has 8 heteroatoms. The number of hydrogen-bond donors (Lipinski definition) is 0. The fraction of sp³-hybridized carbons (Fsp3) is 0.471. The quantitative estimate of drug-likeness (QED) is 0.687. The Hall–Kier alpha value is -1.49. The van der Waals surface area contributed by atoms with E-state index < -0.39 is 30.8 Å². The van der Waals surface area contributed by atoms with Gasteiger partial charge in [0.05, 0.1) is 6.42 Å². The average molecular weight is 394 g/mol. The Balaban J connectivity index is 1.97. The van der Waals surface area contributed by atoms with E-state index in [4.69, 9.17) is 29.4 Å². The van der Waals surface area contributed by atoms with Crippen LogP contribution in [0.2, 0.25) is 5.02 Å². The van der Waals surface area contributed by atoms with Gasteiger partial charge in [0, 0.05) is 19.0 Å². The Bertz CT molecular complexity index is 898. The van der Waals surface area contributed by atoms with Crippen molar-refractivity contribution in [3.63, 3.8) is 0 Å². The standard InChI is InChI=1S/C17H16ClN3O2S2/c1-15(19-3)9-17-14(23)20(4)16(2,25(17)24)13(22)21(17)12(15)10-5-7-11(18)8-6-10/h5-8,12H,9H2,1-2,4H3/t12?,15-,16?,17?,25?/m0/s1. The number of likely N-dealkylation sites (N-methyl/N-ethyl adjacent to an activating group) is 1. The third kappa shape index (κ3) is 1.66. The van der Waals surface area contributed by atoms with E-state index in [1.165, 1.54) is 4.90 Å². The Morgan fingerprint density at radius 2 is 1.88 bits per heavy atom. The zero-order chi connectivity index (χ0) is 18.4. The Labute approximate surface area is 158 Å². The second kappa shape index (κ2) is 4.81. The van der Waals surface area contributed by atoms with Gasteiger partial charge in [-0.15, -0.1) is 0 Å². The third-order valence-corrected chi connectivity index (χ3v) is 10.2. The molecule has 3 fully saturated rings. The highest BCUT2D eigenvalue weighted by Gasteiger charge is 2.82. The summed E-state index contributed by atoms with van der Waals surface area (Å²) in [6.45, 7) is 11.3. The highest BCUT2D eigenvalue weighted by molar-refractivity contribution is 8.31. The molecule has 5 nitrogen and oxygen atoms in total. The Morgan fingerprint density at radius 1 is 1.28 bits per heavy atom. The first-order chi connectivity index (χ1) is 11.6. The van der Waals surface area contributed by atoms with Crippen LogP contribution in [0.25, 0.3) is 4.85 Å². The van der Waals surface area contributed by atoms with Crippen LogP contribution in [0.3, 0.4) is 0 Å². The number of nitrogens with zero attached hydrogens (tertiary/aromatic N) is 3. The van der Waals surface area contributed by atoms with E-state index in [9.17, 15) is 9.59 Å². The van der Waals surface area contributed by atoms with E-state index in [1.807, 2.05) is 19.1 Å². The molecule has 4 rings (SSSR count). The van der Waals surface area contributed by atoms with Crippen molar-refractivity contribution in [3.05, 3.63) is 46.3 Å². The van der Waals surface area contributed by atoms with Gasteiger partial charge in [0.1, 0.15) is 6.04 Å². The summed E-state index contributed by atoms with van der Waals surface area (Å²) in [6.07, 6.45) is 0.272. The minimum atomic E-state index is -1.08. The first-order valence-corrected chi connectivity index (χ1v) is 10.4. The van der Waals surface area contributed by atoms with Crippen LogP contribution in [-0.4, -0.2) is 43.9 Å². The van der Waals surface area contributed by atoms with Gasteiger partial charge < -0.3 is 14.6 Å². The minimum absolute atomic E-state index is 0.140. The number of carbonyl (C=O) groups excluding carboxylic acids is 2. The lowest BCUT2D eigenvalue weighted by molar-refractivity contribution is -0.159. The van der Waals surface area contributed by atoms with Crippen LogP contribution in [0.1, 0.15) is 31.9 Å². The fourth-order valence-electron chi connectivity index (χ4n) is 4.46. The van der Waals surface area contributed by atoms with E-state index in [-0.39, 0.29) is 18.2 Å². The van der Waals surface area contributed by atoms with Gasteiger partial charge >= 0.3 is 0 Å². The number of benzene rings is 1. The maximum atomic E-state index is 13.3. The van der Waals surface area contributed by atoms with Crippen molar-refractivity contribution >= 4 is 44.1 Å². The van der Waals surface area contributed by atoms with E-state index >= 15 is 0 Å². The van der Waals surface area contributed by atoms with Crippen LogP contribution < -0.4 is 0 Å². The molecule has 0 N–H and O–H groups in total. The summed E-state index contributed by atoms with van der Waals surface area (Å²) in [4.78, 5) is 31.3. The highest BCUT2D eigenvalue weighted by Crippen LogP contribution is 2.63.